The van der Waals surface area contributed by atoms with E-state index in [-0.39, 0.29) is 28.6 Å². The first-order valence-electron chi connectivity index (χ1n) is 12.9. The predicted molar refractivity (Wildman–Crippen MR) is 134 cm³/mol. The van der Waals surface area contributed by atoms with E-state index in [4.69, 9.17) is 18.9 Å². The highest BCUT2D eigenvalue weighted by atomic mass is 19.3. The van der Waals surface area contributed by atoms with E-state index in [0.717, 1.165) is 45.6 Å². The third-order valence-corrected chi connectivity index (χ3v) is 7.52. The molecule has 1 aliphatic carbocycles. The molecule has 2 aliphatic heterocycles. The fourth-order valence-electron chi connectivity index (χ4n) is 5.11. The van der Waals surface area contributed by atoms with Gasteiger partial charge in [-0.2, -0.15) is 8.78 Å². The van der Waals surface area contributed by atoms with Gasteiger partial charge >= 0.3 is 6.61 Å². The van der Waals surface area contributed by atoms with Gasteiger partial charge in [-0.15, -0.1) is 0 Å². The van der Waals surface area contributed by atoms with Crippen LogP contribution in [-0.4, -0.2) is 78.4 Å². The predicted octanol–water partition coefficient (Wildman–Crippen LogP) is 3.75. The van der Waals surface area contributed by atoms with Crippen LogP contribution in [0, 0.1) is 0 Å². The molecule has 202 valence electrons. The van der Waals surface area contributed by atoms with Crippen LogP contribution in [0.2, 0.25) is 0 Å². The number of fused-ring (bicyclic) bond motifs is 1. The van der Waals surface area contributed by atoms with Crippen LogP contribution in [0.1, 0.15) is 36.0 Å². The van der Waals surface area contributed by atoms with Crippen molar-refractivity contribution in [3.63, 3.8) is 0 Å². The van der Waals surface area contributed by atoms with Gasteiger partial charge in [0.1, 0.15) is 28.5 Å². The first-order chi connectivity index (χ1) is 18.5. The van der Waals surface area contributed by atoms with Crippen molar-refractivity contribution < 1.29 is 32.5 Å². The lowest BCUT2D eigenvalue weighted by Gasteiger charge is -2.57. The monoisotopic (exact) mass is 528 g/mol. The number of likely N-dealkylation sites (tertiary alicyclic amines) is 1. The number of rotatable bonds is 11. The highest BCUT2D eigenvalue weighted by molar-refractivity contribution is 6.01. The maximum Gasteiger partial charge on any atom is 0.387 e. The van der Waals surface area contributed by atoms with E-state index in [1.807, 2.05) is 22.7 Å². The molecule has 0 bridgehead atoms. The number of halogens is 2. The number of alkyl halides is 2. The molecular weight excluding hydrogens is 498 g/mol. The van der Waals surface area contributed by atoms with Gasteiger partial charge in [0.05, 0.1) is 44.4 Å². The number of carbonyl (C=O) groups excluding carboxylic acids is 1. The van der Waals surface area contributed by atoms with Gasteiger partial charge in [0, 0.05) is 37.0 Å². The van der Waals surface area contributed by atoms with E-state index in [1.165, 1.54) is 19.6 Å². The third-order valence-electron chi connectivity index (χ3n) is 7.52. The maximum atomic E-state index is 13.3. The first-order valence-corrected chi connectivity index (χ1v) is 12.9. The fraction of sp³-hybridized carbons (Fsp3) is 0.481. The molecular formula is C27H30F2N4O5. The standard InChI is InChI=1S/C27H30F2N4O5/c1-35-21-11-17(12-22(38-26(28)29)24(21)25(34)31-18-3-4-18)20-14-30-23-13-19(5-8-33(20)23)37-10-2-7-32-9-6-27(32)15-36-16-27/h5,8,11-14,18,26H,2-4,6-7,9-10,15-16H2,1H3,(H,31,34). The van der Waals surface area contributed by atoms with Gasteiger partial charge in [-0.3, -0.25) is 14.1 Å². The molecule has 2 saturated heterocycles. The van der Waals surface area contributed by atoms with Crippen LogP contribution in [0.5, 0.6) is 17.2 Å². The Morgan fingerprint density at radius 2 is 2.08 bits per heavy atom. The zero-order valence-electron chi connectivity index (χ0n) is 21.1. The SMILES string of the molecule is COc1cc(-c2cnc3cc(OCCCN4CCC45COC5)ccn23)cc(OC(F)F)c1C(=O)NC1CC1. The number of benzene rings is 1. The van der Waals surface area contributed by atoms with Gasteiger partial charge in [0.2, 0.25) is 0 Å². The summed E-state index contributed by atoms with van der Waals surface area (Å²) in [5.41, 5.74) is 2.01. The van der Waals surface area contributed by atoms with Gasteiger partial charge in [0.15, 0.2) is 0 Å². The van der Waals surface area contributed by atoms with E-state index in [9.17, 15) is 13.6 Å². The zero-order chi connectivity index (χ0) is 26.3. The summed E-state index contributed by atoms with van der Waals surface area (Å²) in [6.07, 6.45) is 7.30. The Bertz CT molecular complexity index is 1330. The number of hydrogen-bond acceptors (Lipinski definition) is 7. The molecule has 2 aromatic heterocycles. The molecule has 1 aromatic carbocycles. The van der Waals surface area contributed by atoms with Crippen LogP contribution in [0.25, 0.3) is 16.9 Å². The number of nitrogens with one attached hydrogen (secondary N) is 1. The molecule has 1 spiro atoms. The van der Waals surface area contributed by atoms with E-state index in [2.05, 4.69) is 15.2 Å². The van der Waals surface area contributed by atoms with Gasteiger partial charge in [-0.05, 0) is 43.9 Å². The van der Waals surface area contributed by atoms with Crippen LogP contribution < -0.4 is 19.5 Å². The van der Waals surface area contributed by atoms with E-state index in [1.54, 1.807) is 12.3 Å². The van der Waals surface area contributed by atoms with E-state index in [0.29, 0.717) is 29.3 Å². The highest BCUT2D eigenvalue weighted by Gasteiger charge is 2.50. The molecule has 38 heavy (non-hydrogen) atoms. The summed E-state index contributed by atoms with van der Waals surface area (Å²) in [4.78, 5) is 19.7. The number of carbonyl (C=O) groups is 1. The second-order valence-corrected chi connectivity index (χ2v) is 10.1. The first kappa shape index (κ1) is 24.9. The number of amides is 1. The molecule has 1 N–H and O–H groups in total. The van der Waals surface area contributed by atoms with Crippen molar-refractivity contribution in [3.05, 3.63) is 42.2 Å². The third kappa shape index (κ3) is 4.76. The molecule has 1 saturated carbocycles. The number of pyridine rings is 1. The largest absolute Gasteiger partial charge is 0.496 e. The molecule has 1 amide bonds. The molecule has 9 nitrogen and oxygen atoms in total. The van der Waals surface area contributed by atoms with Crippen molar-refractivity contribution in [1.29, 1.82) is 0 Å². The fourth-order valence-corrected chi connectivity index (χ4v) is 5.11. The van der Waals surface area contributed by atoms with Crippen molar-refractivity contribution in [3.8, 4) is 28.5 Å². The summed E-state index contributed by atoms with van der Waals surface area (Å²) >= 11 is 0. The minimum atomic E-state index is -3.10. The van der Waals surface area contributed by atoms with Crippen LogP contribution in [0.3, 0.4) is 0 Å². The Morgan fingerprint density at radius 3 is 2.74 bits per heavy atom. The minimum absolute atomic E-state index is 0.0474. The van der Waals surface area contributed by atoms with Crippen LogP contribution >= 0.6 is 0 Å². The lowest BCUT2D eigenvalue weighted by atomic mass is 9.82. The summed E-state index contributed by atoms with van der Waals surface area (Å²) in [6.45, 7) is 1.27. The Labute approximate surface area is 218 Å². The molecule has 11 heteroatoms. The second kappa shape index (κ2) is 10.0. The quantitative estimate of drug-likeness (QED) is 0.380. The lowest BCUT2D eigenvalue weighted by molar-refractivity contribution is -0.192. The maximum absolute atomic E-state index is 13.3. The van der Waals surface area contributed by atoms with Crippen molar-refractivity contribution in [2.45, 2.75) is 43.9 Å². The molecule has 6 rings (SSSR count). The van der Waals surface area contributed by atoms with Crippen molar-refractivity contribution in [2.24, 2.45) is 0 Å². The summed E-state index contributed by atoms with van der Waals surface area (Å²) in [5, 5.41) is 2.81. The minimum Gasteiger partial charge on any atom is -0.496 e. The van der Waals surface area contributed by atoms with Crippen LogP contribution in [0.4, 0.5) is 8.78 Å². The van der Waals surface area contributed by atoms with Gasteiger partial charge in [-0.25, -0.2) is 4.98 Å². The summed E-state index contributed by atoms with van der Waals surface area (Å²) in [6, 6.07) is 6.77. The zero-order valence-corrected chi connectivity index (χ0v) is 21.1. The smallest absolute Gasteiger partial charge is 0.387 e. The summed E-state index contributed by atoms with van der Waals surface area (Å²) in [5.74, 6) is 0.0895. The molecule has 3 fully saturated rings. The highest BCUT2D eigenvalue weighted by Crippen LogP contribution is 2.38. The average Bonchev–Trinajstić information content (AvgIpc) is 3.56. The average molecular weight is 529 g/mol. The number of ether oxygens (including phenoxy) is 4. The normalized spacial score (nSPS) is 18.3. The van der Waals surface area contributed by atoms with Gasteiger partial charge in [-0.1, -0.05) is 0 Å². The van der Waals surface area contributed by atoms with Crippen molar-refractivity contribution in [1.82, 2.24) is 19.6 Å². The Hall–Kier alpha value is -3.44. The van der Waals surface area contributed by atoms with Gasteiger partial charge in [0.25, 0.3) is 5.91 Å². The Kier molecular flexibility index (Phi) is 6.56. The van der Waals surface area contributed by atoms with Crippen molar-refractivity contribution >= 4 is 11.6 Å². The molecule has 3 aliphatic rings. The molecule has 0 atom stereocenters. The lowest BCUT2D eigenvalue weighted by Crippen LogP contribution is -2.70. The van der Waals surface area contributed by atoms with Gasteiger partial charge < -0.3 is 24.3 Å². The Morgan fingerprint density at radius 1 is 1.26 bits per heavy atom. The van der Waals surface area contributed by atoms with E-state index >= 15 is 0 Å². The number of nitrogens with zero attached hydrogens (tertiary/aromatic N) is 3. The number of imidazole rings is 1. The summed E-state index contributed by atoms with van der Waals surface area (Å²) < 4.78 is 49.9. The van der Waals surface area contributed by atoms with E-state index < -0.39 is 12.5 Å². The molecule has 0 unspecified atom stereocenters. The van der Waals surface area contributed by atoms with Crippen LogP contribution in [0.15, 0.2) is 36.7 Å². The number of aromatic nitrogens is 2. The van der Waals surface area contributed by atoms with Crippen molar-refractivity contribution in [2.75, 3.05) is 40.0 Å². The number of hydrogen-bond donors (Lipinski definition) is 1. The molecule has 4 heterocycles. The second-order valence-electron chi connectivity index (χ2n) is 10.1. The molecule has 0 radical (unpaired) electrons. The summed E-state index contributed by atoms with van der Waals surface area (Å²) in [7, 11) is 1.39. The molecule has 3 aromatic rings. The van der Waals surface area contributed by atoms with Crippen LogP contribution in [-0.2, 0) is 4.74 Å². The topological polar surface area (TPSA) is 86.6 Å². The number of methoxy groups -OCH3 is 1. The Balaban J connectivity index is 1.19.